The first-order valence-corrected chi connectivity index (χ1v) is 8.70. The van der Waals surface area contributed by atoms with Gasteiger partial charge in [0.05, 0.1) is 0 Å². The predicted molar refractivity (Wildman–Crippen MR) is 88.6 cm³/mol. The highest BCUT2D eigenvalue weighted by Gasteiger charge is 2.29. The topological polar surface area (TPSA) is 95.2 Å². The van der Waals surface area contributed by atoms with Crippen molar-refractivity contribution in [3.8, 4) is 0 Å². The molecule has 0 bridgehead atoms. The van der Waals surface area contributed by atoms with Crippen molar-refractivity contribution in [3.63, 3.8) is 0 Å². The summed E-state index contributed by atoms with van der Waals surface area (Å²) in [6.07, 6.45) is 5.51. The van der Waals surface area contributed by atoms with E-state index in [9.17, 15) is 14.4 Å². The molecule has 1 aromatic rings. The average Bonchev–Trinajstić information content (AvgIpc) is 2.70. The van der Waals surface area contributed by atoms with Gasteiger partial charge in [-0.15, -0.1) is 0 Å². The number of carbonyl (C=O) groups excluding carboxylic acids is 2. The molecule has 1 saturated heterocycles. The van der Waals surface area contributed by atoms with E-state index in [4.69, 9.17) is 0 Å². The number of nitrogens with one attached hydrogen (secondary N) is 2. The second-order valence-electron chi connectivity index (χ2n) is 6.82. The monoisotopic (exact) mass is 332 g/mol. The van der Waals surface area contributed by atoms with Crippen molar-refractivity contribution in [3.05, 3.63) is 27.7 Å². The van der Waals surface area contributed by atoms with Gasteiger partial charge in [0.25, 0.3) is 5.91 Å². The zero-order chi connectivity index (χ0) is 17.1. The molecule has 1 saturated carbocycles. The van der Waals surface area contributed by atoms with Crippen molar-refractivity contribution in [1.29, 1.82) is 0 Å². The fraction of sp³-hybridized carbons (Fsp3) is 0.647. The molecule has 2 N–H and O–H groups in total. The fourth-order valence-corrected chi connectivity index (χ4v) is 3.23. The number of carbonyl (C=O) groups is 2. The van der Waals surface area contributed by atoms with E-state index in [1.807, 2.05) is 0 Å². The minimum Gasteiger partial charge on any atom is -0.353 e. The maximum absolute atomic E-state index is 12.5. The van der Waals surface area contributed by atoms with Crippen LogP contribution < -0.4 is 10.7 Å². The molecule has 0 spiro atoms. The van der Waals surface area contributed by atoms with E-state index in [-0.39, 0.29) is 34.9 Å². The quantitative estimate of drug-likeness (QED) is 0.863. The molecular formula is C17H24N4O3. The molecule has 7 heteroatoms. The summed E-state index contributed by atoms with van der Waals surface area (Å²) in [5, 5.41) is 9.69. The van der Waals surface area contributed by atoms with E-state index in [1.165, 1.54) is 6.07 Å². The minimum absolute atomic E-state index is 0.0578. The van der Waals surface area contributed by atoms with Crippen LogP contribution in [0.3, 0.4) is 0 Å². The van der Waals surface area contributed by atoms with E-state index in [0.29, 0.717) is 25.2 Å². The lowest BCUT2D eigenvalue weighted by atomic mass is 9.84. The van der Waals surface area contributed by atoms with Crippen LogP contribution in [0.1, 0.15) is 54.7 Å². The van der Waals surface area contributed by atoms with Gasteiger partial charge in [0.1, 0.15) is 0 Å². The van der Waals surface area contributed by atoms with Gasteiger partial charge in [0, 0.05) is 36.8 Å². The number of likely N-dealkylation sites (tertiary alicyclic amines) is 1. The van der Waals surface area contributed by atoms with Crippen molar-refractivity contribution < 1.29 is 9.59 Å². The second-order valence-corrected chi connectivity index (χ2v) is 6.82. The molecule has 1 aliphatic carbocycles. The Balaban J connectivity index is 1.59. The summed E-state index contributed by atoms with van der Waals surface area (Å²) in [5.74, 6) is 0.00574. The van der Waals surface area contributed by atoms with Crippen molar-refractivity contribution in [2.75, 3.05) is 13.1 Å². The van der Waals surface area contributed by atoms with Gasteiger partial charge in [-0.05, 0) is 39.0 Å². The van der Waals surface area contributed by atoms with Crippen LogP contribution >= 0.6 is 0 Å². The van der Waals surface area contributed by atoms with E-state index in [0.717, 1.165) is 32.1 Å². The zero-order valence-electron chi connectivity index (χ0n) is 14.0. The van der Waals surface area contributed by atoms with Gasteiger partial charge in [0.2, 0.25) is 11.3 Å². The number of hydrogen-bond donors (Lipinski definition) is 2. The molecule has 1 aromatic heterocycles. The second kappa shape index (κ2) is 7.15. The molecule has 3 rings (SSSR count). The van der Waals surface area contributed by atoms with Gasteiger partial charge >= 0.3 is 0 Å². The highest BCUT2D eigenvalue weighted by atomic mass is 16.2. The van der Waals surface area contributed by atoms with E-state index < -0.39 is 0 Å². The van der Waals surface area contributed by atoms with Gasteiger partial charge < -0.3 is 10.2 Å². The van der Waals surface area contributed by atoms with Crippen molar-refractivity contribution in [2.45, 2.75) is 51.5 Å². The normalized spacial score (nSPS) is 21.7. The molecule has 0 aromatic carbocycles. The molecule has 2 fully saturated rings. The molecule has 1 unspecified atom stereocenters. The number of aromatic nitrogens is 2. The molecule has 2 amide bonds. The Kier molecular flexibility index (Phi) is 4.97. The number of H-pyrrole nitrogens is 1. The average molecular weight is 332 g/mol. The van der Waals surface area contributed by atoms with Gasteiger partial charge in [-0.2, -0.15) is 5.10 Å². The molecule has 2 heterocycles. The van der Waals surface area contributed by atoms with Gasteiger partial charge in [-0.25, -0.2) is 0 Å². The first kappa shape index (κ1) is 16.7. The Morgan fingerprint density at radius 3 is 2.67 bits per heavy atom. The lowest BCUT2D eigenvalue weighted by Crippen LogP contribution is -2.42. The van der Waals surface area contributed by atoms with Crippen LogP contribution in [0, 0.1) is 12.8 Å². The summed E-state index contributed by atoms with van der Waals surface area (Å²) in [5.41, 5.74) is 0.221. The fourth-order valence-electron chi connectivity index (χ4n) is 3.23. The molecule has 24 heavy (non-hydrogen) atoms. The standard InChI is InChI=1S/C17H24N4O3/c1-11-10-14(22)15(20-19-11)17(24)21-8-3-6-13(7-9-21)18-16(23)12-4-2-5-12/h10,12-13H,2-9H2,1H3,(H,18,23)(H,19,22). The SMILES string of the molecule is Cc1cc(=O)c(C(=O)N2CCCC(NC(=O)C3CCC3)CC2)n[nH]1. The minimum atomic E-state index is -0.352. The van der Waals surface area contributed by atoms with E-state index in [1.54, 1.807) is 11.8 Å². The van der Waals surface area contributed by atoms with Gasteiger partial charge in [-0.1, -0.05) is 6.42 Å². The smallest absolute Gasteiger partial charge is 0.278 e. The van der Waals surface area contributed by atoms with Crippen LogP contribution in [-0.4, -0.2) is 46.0 Å². The zero-order valence-corrected chi connectivity index (χ0v) is 14.0. The largest absolute Gasteiger partial charge is 0.353 e. The summed E-state index contributed by atoms with van der Waals surface area (Å²) in [6, 6.07) is 1.50. The summed E-state index contributed by atoms with van der Waals surface area (Å²) >= 11 is 0. The number of hydrogen-bond acceptors (Lipinski definition) is 4. The first-order chi connectivity index (χ1) is 11.5. The summed E-state index contributed by atoms with van der Waals surface area (Å²) < 4.78 is 0. The Morgan fingerprint density at radius 2 is 2.00 bits per heavy atom. The Hall–Kier alpha value is -2.18. The Morgan fingerprint density at radius 1 is 1.21 bits per heavy atom. The maximum Gasteiger partial charge on any atom is 0.278 e. The van der Waals surface area contributed by atoms with E-state index >= 15 is 0 Å². The molecular weight excluding hydrogens is 308 g/mol. The molecule has 0 radical (unpaired) electrons. The molecule has 130 valence electrons. The maximum atomic E-state index is 12.5. The van der Waals surface area contributed by atoms with Gasteiger partial charge in [-0.3, -0.25) is 19.5 Å². The van der Waals surface area contributed by atoms with Crippen LogP contribution in [-0.2, 0) is 4.79 Å². The third-order valence-electron chi connectivity index (χ3n) is 4.97. The number of rotatable bonds is 3. The Labute approximate surface area is 140 Å². The van der Waals surface area contributed by atoms with Crippen LogP contribution in [0.5, 0.6) is 0 Å². The van der Waals surface area contributed by atoms with Crippen LogP contribution in [0.15, 0.2) is 10.9 Å². The van der Waals surface area contributed by atoms with E-state index in [2.05, 4.69) is 15.5 Å². The van der Waals surface area contributed by atoms with Crippen LogP contribution in [0.4, 0.5) is 0 Å². The first-order valence-electron chi connectivity index (χ1n) is 8.70. The molecule has 1 atom stereocenters. The highest BCUT2D eigenvalue weighted by Crippen LogP contribution is 2.26. The molecule has 7 nitrogen and oxygen atoms in total. The third kappa shape index (κ3) is 3.66. The third-order valence-corrected chi connectivity index (χ3v) is 4.97. The summed E-state index contributed by atoms with van der Waals surface area (Å²) in [6.45, 7) is 2.84. The lowest BCUT2D eigenvalue weighted by Gasteiger charge is -2.27. The summed E-state index contributed by atoms with van der Waals surface area (Å²) in [7, 11) is 0. The van der Waals surface area contributed by atoms with Crippen LogP contribution in [0.2, 0.25) is 0 Å². The van der Waals surface area contributed by atoms with Crippen molar-refractivity contribution in [2.24, 2.45) is 5.92 Å². The van der Waals surface area contributed by atoms with Crippen molar-refractivity contribution in [1.82, 2.24) is 20.4 Å². The number of nitrogens with zero attached hydrogens (tertiary/aromatic N) is 2. The molecule has 1 aliphatic heterocycles. The highest BCUT2D eigenvalue weighted by molar-refractivity contribution is 5.92. The summed E-state index contributed by atoms with van der Waals surface area (Å²) in [4.78, 5) is 38.2. The Bertz CT molecular complexity index is 681. The number of amides is 2. The van der Waals surface area contributed by atoms with Crippen LogP contribution in [0.25, 0.3) is 0 Å². The van der Waals surface area contributed by atoms with Gasteiger partial charge in [0.15, 0.2) is 5.69 Å². The number of aryl methyl sites for hydroxylation is 1. The molecule has 2 aliphatic rings. The number of aromatic amines is 1. The van der Waals surface area contributed by atoms with Crippen molar-refractivity contribution >= 4 is 11.8 Å². The predicted octanol–water partition coefficient (Wildman–Crippen LogP) is 0.989. The lowest BCUT2D eigenvalue weighted by molar-refractivity contribution is -0.128.